The Morgan fingerprint density at radius 1 is 1.00 bits per heavy atom. The topological polar surface area (TPSA) is 154 Å². The van der Waals surface area contributed by atoms with Crippen LogP contribution in [0, 0.1) is 25.6 Å². The highest BCUT2D eigenvalue weighted by molar-refractivity contribution is 6.09. The predicted octanol–water partition coefficient (Wildman–Crippen LogP) is 3.65. The van der Waals surface area contributed by atoms with E-state index >= 15 is 0 Å². The number of hydrogen-bond donors (Lipinski definition) is 2. The summed E-state index contributed by atoms with van der Waals surface area (Å²) >= 11 is 0. The van der Waals surface area contributed by atoms with Gasteiger partial charge in [0.2, 0.25) is 5.91 Å². The second-order valence-electron chi connectivity index (χ2n) is 7.71. The molecule has 0 fully saturated rings. The summed E-state index contributed by atoms with van der Waals surface area (Å²) in [6, 6.07) is 9.47. The zero-order valence-corrected chi connectivity index (χ0v) is 17.9. The Morgan fingerprint density at radius 2 is 1.62 bits per heavy atom. The number of methoxy groups -OCH3 is 1. The van der Waals surface area contributed by atoms with Crippen LogP contribution in [0.15, 0.2) is 48.2 Å². The molecule has 0 atom stereocenters. The maximum atomic E-state index is 12.9. The van der Waals surface area contributed by atoms with Gasteiger partial charge in [0.25, 0.3) is 17.3 Å². The Morgan fingerprint density at radius 3 is 2.12 bits per heavy atom. The third-order valence-electron chi connectivity index (χ3n) is 4.24. The summed E-state index contributed by atoms with van der Waals surface area (Å²) in [7, 11) is 1.50. The summed E-state index contributed by atoms with van der Waals surface area (Å²) in [4.78, 5) is 46.0. The molecule has 168 valence electrons. The number of hydrogen-bond acceptors (Lipinski definition) is 7. The first-order valence-electron chi connectivity index (χ1n) is 9.33. The van der Waals surface area contributed by atoms with Gasteiger partial charge in [0.15, 0.2) is 0 Å². The van der Waals surface area contributed by atoms with Gasteiger partial charge in [-0.15, -0.1) is 0 Å². The van der Waals surface area contributed by atoms with E-state index in [4.69, 9.17) is 4.74 Å². The van der Waals surface area contributed by atoms with Gasteiger partial charge in [-0.3, -0.25) is 29.8 Å². The van der Waals surface area contributed by atoms with Crippen molar-refractivity contribution < 1.29 is 24.2 Å². The van der Waals surface area contributed by atoms with E-state index in [0.717, 1.165) is 18.2 Å². The smallest absolute Gasteiger partial charge is 0.299 e. The van der Waals surface area contributed by atoms with E-state index in [0.29, 0.717) is 11.3 Å². The average Bonchev–Trinajstić information content (AvgIpc) is 2.72. The minimum atomic E-state index is -0.844. The van der Waals surface area contributed by atoms with Gasteiger partial charge in [-0.25, -0.2) is 0 Å². The van der Waals surface area contributed by atoms with Crippen molar-refractivity contribution in [3.63, 3.8) is 0 Å². The van der Waals surface area contributed by atoms with Crippen molar-refractivity contribution in [1.82, 2.24) is 5.32 Å². The molecule has 0 aromatic heterocycles. The number of nitro groups is 2. The number of rotatable bonds is 7. The van der Waals surface area contributed by atoms with Crippen LogP contribution in [0.5, 0.6) is 5.75 Å². The summed E-state index contributed by atoms with van der Waals surface area (Å²) in [5.74, 6) is -0.700. The van der Waals surface area contributed by atoms with Crippen LogP contribution < -0.4 is 15.4 Å². The van der Waals surface area contributed by atoms with Gasteiger partial charge >= 0.3 is 0 Å². The lowest BCUT2D eigenvalue weighted by Crippen LogP contribution is -2.38. The lowest BCUT2D eigenvalue weighted by atomic mass is 9.95. The zero-order chi connectivity index (χ0) is 24.1. The highest BCUT2D eigenvalue weighted by Gasteiger charge is 2.26. The second-order valence-corrected chi connectivity index (χ2v) is 7.71. The van der Waals surface area contributed by atoms with Crippen molar-refractivity contribution in [2.75, 3.05) is 12.4 Å². The first-order valence-corrected chi connectivity index (χ1v) is 9.33. The Hall–Kier alpha value is -4.28. The molecular weight excluding hydrogens is 420 g/mol. The van der Waals surface area contributed by atoms with Crippen LogP contribution in [0.4, 0.5) is 17.1 Å². The van der Waals surface area contributed by atoms with E-state index in [9.17, 15) is 29.8 Å². The molecule has 11 nitrogen and oxygen atoms in total. The van der Waals surface area contributed by atoms with Gasteiger partial charge in [0.05, 0.1) is 23.0 Å². The molecule has 0 spiro atoms. The van der Waals surface area contributed by atoms with Crippen LogP contribution in [0.3, 0.4) is 0 Å². The molecular formula is C21H22N4O7. The molecule has 2 N–H and O–H groups in total. The summed E-state index contributed by atoms with van der Waals surface area (Å²) in [6.07, 6.45) is 1.40. The van der Waals surface area contributed by atoms with Crippen molar-refractivity contribution in [3.05, 3.63) is 74.0 Å². The van der Waals surface area contributed by atoms with E-state index in [2.05, 4.69) is 10.6 Å². The minimum absolute atomic E-state index is 0.164. The first kappa shape index (κ1) is 24.0. The predicted molar refractivity (Wildman–Crippen MR) is 117 cm³/mol. The lowest BCUT2D eigenvalue weighted by molar-refractivity contribution is -0.393. The highest BCUT2D eigenvalue weighted by Crippen LogP contribution is 2.29. The minimum Gasteiger partial charge on any atom is -0.497 e. The largest absolute Gasteiger partial charge is 0.497 e. The molecule has 2 aromatic carbocycles. The third kappa shape index (κ3) is 6.11. The van der Waals surface area contributed by atoms with Gasteiger partial charge < -0.3 is 15.4 Å². The van der Waals surface area contributed by atoms with Gasteiger partial charge in [-0.1, -0.05) is 32.9 Å². The van der Waals surface area contributed by atoms with E-state index < -0.39 is 38.5 Å². The average molecular weight is 442 g/mol. The van der Waals surface area contributed by atoms with Gasteiger partial charge in [-0.05, 0) is 29.8 Å². The monoisotopic (exact) mass is 442 g/mol. The molecule has 2 aromatic rings. The van der Waals surface area contributed by atoms with Crippen molar-refractivity contribution >= 4 is 35.0 Å². The van der Waals surface area contributed by atoms with Gasteiger partial charge in [-0.2, -0.15) is 0 Å². The number of nitrogens with one attached hydrogen (secondary N) is 2. The number of carbonyl (C=O) groups excluding carboxylic acids is 2. The van der Waals surface area contributed by atoms with Crippen molar-refractivity contribution in [3.8, 4) is 5.75 Å². The fourth-order valence-corrected chi connectivity index (χ4v) is 2.42. The quantitative estimate of drug-likeness (QED) is 0.377. The Labute approximate surface area is 183 Å². The molecule has 2 rings (SSSR count). The molecule has 0 saturated carbocycles. The maximum absolute atomic E-state index is 12.9. The number of carbonyl (C=O) groups is 2. The molecule has 0 heterocycles. The summed E-state index contributed by atoms with van der Waals surface area (Å²) in [5.41, 5.74) is -1.83. The molecule has 0 saturated heterocycles. The third-order valence-corrected chi connectivity index (χ3v) is 4.24. The van der Waals surface area contributed by atoms with Crippen molar-refractivity contribution in [2.45, 2.75) is 20.8 Å². The van der Waals surface area contributed by atoms with E-state index in [1.165, 1.54) is 13.2 Å². The second kappa shape index (κ2) is 9.69. The SMILES string of the molecule is COc1ccc(/C=C(/NC(=O)C(C)(C)C)C(=O)Nc2ccc([N+](=O)[O-])cc2[N+](=O)[O-])cc1. The molecule has 0 aliphatic rings. The molecule has 0 radical (unpaired) electrons. The molecule has 0 bridgehead atoms. The van der Waals surface area contributed by atoms with Crippen molar-refractivity contribution in [1.29, 1.82) is 0 Å². The number of benzene rings is 2. The molecule has 32 heavy (non-hydrogen) atoms. The van der Waals surface area contributed by atoms with Crippen molar-refractivity contribution in [2.24, 2.45) is 5.41 Å². The number of non-ortho nitro benzene ring substituents is 1. The van der Waals surface area contributed by atoms with Crippen LogP contribution in [-0.4, -0.2) is 28.8 Å². The van der Waals surface area contributed by atoms with E-state index in [-0.39, 0.29) is 11.4 Å². The lowest BCUT2D eigenvalue weighted by Gasteiger charge is -2.19. The van der Waals surface area contributed by atoms with Crippen LogP contribution in [0.2, 0.25) is 0 Å². The molecule has 0 aliphatic heterocycles. The Bertz CT molecular complexity index is 1090. The number of amides is 2. The fourth-order valence-electron chi connectivity index (χ4n) is 2.42. The van der Waals surface area contributed by atoms with Crippen LogP contribution in [0.25, 0.3) is 6.08 Å². The number of anilines is 1. The summed E-state index contributed by atoms with van der Waals surface area (Å²) < 4.78 is 5.09. The highest BCUT2D eigenvalue weighted by atomic mass is 16.6. The molecule has 0 aliphatic carbocycles. The molecule has 11 heteroatoms. The first-order chi connectivity index (χ1) is 14.9. The normalized spacial score (nSPS) is 11.4. The van der Waals surface area contributed by atoms with E-state index in [1.807, 2.05) is 0 Å². The standard InChI is InChI=1S/C21H22N4O7/c1-21(2,3)20(27)23-17(11-13-5-8-15(32-4)9-6-13)19(26)22-16-10-7-14(24(28)29)12-18(16)25(30)31/h5-12H,1-4H3,(H,22,26)(H,23,27)/b17-11+. The van der Waals surface area contributed by atoms with Crippen LogP contribution in [-0.2, 0) is 9.59 Å². The maximum Gasteiger partial charge on any atom is 0.299 e. The van der Waals surface area contributed by atoms with Crippen LogP contribution in [0.1, 0.15) is 26.3 Å². The Kier molecular flexibility index (Phi) is 7.26. The number of nitrogens with zero attached hydrogens (tertiary/aromatic N) is 2. The summed E-state index contributed by atoms with van der Waals surface area (Å²) in [5, 5.41) is 27.1. The van der Waals surface area contributed by atoms with E-state index in [1.54, 1.807) is 45.0 Å². The number of ether oxygens (including phenoxy) is 1. The summed E-state index contributed by atoms with van der Waals surface area (Å²) in [6.45, 7) is 4.98. The molecule has 0 unspecified atom stereocenters. The Balaban J connectivity index is 2.43. The van der Waals surface area contributed by atoms with Crippen LogP contribution >= 0.6 is 0 Å². The van der Waals surface area contributed by atoms with Gasteiger partial charge in [0, 0.05) is 11.5 Å². The molecule has 2 amide bonds. The van der Waals surface area contributed by atoms with Gasteiger partial charge in [0.1, 0.15) is 17.1 Å². The fraction of sp³-hybridized carbons (Fsp3) is 0.238. The zero-order valence-electron chi connectivity index (χ0n) is 17.9. The number of nitro benzene ring substituents is 2.